The maximum Gasteiger partial charge on any atom is 0.161 e. The van der Waals surface area contributed by atoms with Crippen molar-refractivity contribution in [2.75, 3.05) is 23.3 Å². The summed E-state index contributed by atoms with van der Waals surface area (Å²) in [6, 6.07) is 11.1. The Morgan fingerprint density at radius 3 is 2.55 bits per heavy atom. The highest BCUT2D eigenvalue weighted by Crippen LogP contribution is 2.33. The lowest BCUT2D eigenvalue weighted by atomic mass is 10.0. The number of piperidine rings is 1. The summed E-state index contributed by atoms with van der Waals surface area (Å²) in [5.41, 5.74) is 4.10. The van der Waals surface area contributed by atoms with E-state index >= 15 is 0 Å². The molecule has 0 saturated carbocycles. The molecule has 5 rings (SSSR count). The van der Waals surface area contributed by atoms with Crippen LogP contribution >= 0.6 is 0 Å². The summed E-state index contributed by atoms with van der Waals surface area (Å²) in [5, 5.41) is 3.37. The van der Waals surface area contributed by atoms with E-state index in [1.54, 1.807) is 24.5 Å². The summed E-state index contributed by atoms with van der Waals surface area (Å²) in [5.74, 6) is 1.68. The van der Waals surface area contributed by atoms with Crippen LogP contribution in [0.25, 0.3) is 11.4 Å². The Morgan fingerprint density at radius 1 is 0.966 bits per heavy atom. The molecule has 3 heterocycles. The first kappa shape index (κ1) is 18.0. The Hall–Kier alpha value is -3.02. The smallest absolute Gasteiger partial charge is 0.161 e. The number of benzene rings is 1. The van der Waals surface area contributed by atoms with E-state index < -0.39 is 0 Å². The zero-order chi connectivity index (χ0) is 19.6. The van der Waals surface area contributed by atoms with Gasteiger partial charge in [-0.05, 0) is 56.4 Å². The lowest BCUT2D eigenvalue weighted by Gasteiger charge is -2.34. The minimum atomic E-state index is -0.189. The molecule has 0 bridgehead atoms. The maximum absolute atomic E-state index is 13.9. The third kappa shape index (κ3) is 3.67. The SMILES string of the molecule is Fc1ccccc1NC1CCN(c2nc(-c3ccncc3)nc3c2CCC3)CC1. The van der Waals surface area contributed by atoms with E-state index in [2.05, 4.69) is 15.2 Å². The molecule has 0 atom stereocenters. The minimum absolute atomic E-state index is 0.189. The zero-order valence-corrected chi connectivity index (χ0v) is 16.3. The first-order chi connectivity index (χ1) is 14.3. The van der Waals surface area contributed by atoms with Crippen molar-refractivity contribution in [1.82, 2.24) is 15.0 Å². The molecule has 0 amide bonds. The van der Waals surface area contributed by atoms with Crippen molar-refractivity contribution in [1.29, 1.82) is 0 Å². The molecule has 1 saturated heterocycles. The maximum atomic E-state index is 13.9. The fourth-order valence-corrected chi connectivity index (χ4v) is 4.34. The van der Waals surface area contributed by atoms with Crippen LogP contribution in [0.4, 0.5) is 15.9 Å². The molecule has 0 radical (unpaired) electrons. The summed E-state index contributed by atoms with van der Waals surface area (Å²) in [6.07, 6.45) is 8.69. The summed E-state index contributed by atoms with van der Waals surface area (Å²) >= 11 is 0. The normalized spacial score (nSPS) is 16.7. The number of para-hydroxylation sites is 1. The molecule has 0 unspecified atom stereocenters. The zero-order valence-electron chi connectivity index (χ0n) is 16.3. The third-order valence-electron chi connectivity index (χ3n) is 5.88. The molecule has 5 nitrogen and oxygen atoms in total. The average molecular weight is 389 g/mol. The molecular weight excluding hydrogens is 365 g/mol. The minimum Gasteiger partial charge on any atom is -0.380 e. The van der Waals surface area contributed by atoms with E-state index in [4.69, 9.17) is 9.97 Å². The number of aryl methyl sites for hydroxylation is 1. The molecule has 2 aromatic heterocycles. The Bertz CT molecular complexity index is 999. The molecule has 3 aromatic rings. The van der Waals surface area contributed by atoms with E-state index in [0.717, 1.165) is 62.4 Å². The second kappa shape index (κ2) is 7.78. The lowest BCUT2D eigenvalue weighted by molar-refractivity contribution is 0.518. The number of aromatic nitrogens is 3. The Balaban J connectivity index is 1.35. The predicted molar refractivity (Wildman–Crippen MR) is 113 cm³/mol. The van der Waals surface area contributed by atoms with Crippen LogP contribution in [0.1, 0.15) is 30.5 Å². The van der Waals surface area contributed by atoms with E-state index in [9.17, 15) is 4.39 Å². The average Bonchev–Trinajstić information content (AvgIpc) is 3.25. The number of rotatable bonds is 4. The van der Waals surface area contributed by atoms with Gasteiger partial charge in [-0.3, -0.25) is 4.98 Å². The molecule has 148 valence electrons. The van der Waals surface area contributed by atoms with Crippen molar-refractivity contribution in [2.24, 2.45) is 0 Å². The molecule has 1 N–H and O–H groups in total. The standard InChI is InChI=1S/C23H24FN5/c24-19-5-1-2-6-21(19)26-17-10-14-29(15-11-17)23-18-4-3-7-20(18)27-22(28-23)16-8-12-25-13-9-16/h1-2,5-6,8-9,12-13,17,26H,3-4,7,10-11,14-15H2. The Kier molecular flexibility index (Phi) is 4.84. The van der Waals surface area contributed by atoms with Gasteiger partial charge < -0.3 is 10.2 Å². The van der Waals surface area contributed by atoms with Crippen molar-refractivity contribution in [2.45, 2.75) is 38.1 Å². The molecule has 6 heteroatoms. The van der Waals surface area contributed by atoms with Gasteiger partial charge in [-0.1, -0.05) is 12.1 Å². The van der Waals surface area contributed by atoms with Crippen LogP contribution in [-0.2, 0) is 12.8 Å². The van der Waals surface area contributed by atoms with E-state index in [1.165, 1.54) is 17.3 Å². The van der Waals surface area contributed by atoms with Gasteiger partial charge in [0.25, 0.3) is 0 Å². The summed E-state index contributed by atoms with van der Waals surface area (Å²) in [4.78, 5) is 16.3. The number of hydrogen-bond acceptors (Lipinski definition) is 5. The number of hydrogen-bond donors (Lipinski definition) is 1. The summed E-state index contributed by atoms with van der Waals surface area (Å²) < 4.78 is 13.9. The number of nitrogens with one attached hydrogen (secondary N) is 1. The molecule has 29 heavy (non-hydrogen) atoms. The molecular formula is C23H24FN5. The van der Waals surface area contributed by atoms with Gasteiger partial charge >= 0.3 is 0 Å². The van der Waals surface area contributed by atoms with Crippen molar-refractivity contribution < 1.29 is 4.39 Å². The van der Waals surface area contributed by atoms with Gasteiger partial charge in [-0.25, -0.2) is 14.4 Å². The fourth-order valence-electron chi connectivity index (χ4n) is 4.34. The van der Waals surface area contributed by atoms with Gasteiger partial charge in [0.2, 0.25) is 0 Å². The quantitative estimate of drug-likeness (QED) is 0.723. The van der Waals surface area contributed by atoms with Gasteiger partial charge in [0.1, 0.15) is 11.6 Å². The molecule has 1 aliphatic carbocycles. The molecule has 1 aromatic carbocycles. The van der Waals surface area contributed by atoms with Crippen LogP contribution in [0.15, 0.2) is 48.8 Å². The molecule has 2 aliphatic rings. The fraction of sp³-hybridized carbons (Fsp3) is 0.348. The highest BCUT2D eigenvalue weighted by molar-refractivity contribution is 5.61. The van der Waals surface area contributed by atoms with Crippen LogP contribution in [0, 0.1) is 5.82 Å². The van der Waals surface area contributed by atoms with Crippen molar-refractivity contribution >= 4 is 11.5 Å². The van der Waals surface area contributed by atoms with Crippen LogP contribution in [0.3, 0.4) is 0 Å². The first-order valence-corrected chi connectivity index (χ1v) is 10.3. The number of fused-ring (bicyclic) bond motifs is 1. The van der Waals surface area contributed by atoms with Crippen molar-refractivity contribution in [3.05, 3.63) is 65.9 Å². The highest BCUT2D eigenvalue weighted by atomic mass is 19.1. The van der Waals surface area contributed by atoms with E-state index in [1.807, 2.05) is 18.2 Å². The second-order valence-corrected chi connectivity index (χ2v) is 7.77. The molecule has 1 aliphatic heterocycles. The number of halogens is 1. The lowest BCUT2D eigenvalue weighted by Crippen LogP contribution is -2.40. The second-order valence-electron chi connectivity index (χ2n) is 7.77. The first-order valence-electron chi connectivity index (χ1n) is 10.3. The van der Waals surface area contributed by atoms with Crippen molar-refractivity contribution in [3.8, 4) is 11.4 Å². The van der Waals surface area contributed by atoms with Gasteiger partial charge in [0.05, 0.1) is 5.69 Å². The van der Waals surface area contributed by atoms with Gasteiger partial charge in [-0.15, -0.1) is 0 Å². The van der Waals surface area contributed by atoms with Gasteiger partial charge in [-0.2, -0.15) is 0 Å². The number of anilines is 2. The number of nitrogens with zero attached hydrogens (tertiary/aromatic N) is 4. The Labute approximate surface area is 170 Å². The van der Waals surface area contributed by atoms with Crippen LogP contribution in [0.5, 0.6) is 0 Å². The molecule has 0 spiro atoms. The highest BCUT2D eigenvalue weighted by Gasteiger charge is 2.27. The number of pyridine rings is 1. The van der Waals surface area contributed by atoms with E-state index in [0.29, 0.717) is 5.69 Å². The van der Waals surface area contributed by atoms with Crippen LogP contribution < -0.4 is 10.2 Å². The van der Waals surface area contributed by atoms with Crippen LogP contribution in [-0.4, -0.2) is 34.1 Å². The predicted octanol–water partition coefficient (Wildman–Crippen LogP) is 4.25. The summed E-state index contributed by atoms with van der Waals surface area (Å²) in [6.45, 7) is 1.82. The largest absolute Gasteiger partial charge is 0.380 e. The van der Waals surface area contributed by atoms with Crippen molar-refractivity contribution in [3.63, 3.8) is 0 Å². The van der Waals surface area contributed by atoms with Gasteiger partial charge in [0.15, 0.2) is 5.82 Å². The third-order valence-corrected chi connectivity index (χ3v) is 5.88. The van der Waals surface area contributed by atoms with Gasteiger partial charge in [0, 0.05) is 48.3 Å². The Morgan fingerprint density at radius 2 is 1.76 bits per heavy atom. The van der Waals surface area contributed by atoms with Crippen LogP contribution in [0.2, 0.25) is 0 Å². The van der Waals surface area contributed by atoms with E-state index in [-0.39, 0.29) is 11.9 Å². The monoisotopic (exact) mass is 389 g/mol. The summed E-state index contributed by atoms with van der Waals surface area (Å²) in [7, 11) is 0. The topological polar surface area (TPSA) is 53.9 Å². The molecule has 1 fully saturated rings.